The molecule has 0 spiro atoms. The lowest BCUT2D eigenvalue weighted by molar-refractivity contribution is 0.529. The van der Waals surface area contributed by atoms with Gasteiger partial charge in [0.1, 0.15) is 5.82 Å². The van der Waals surface area contributed by atoms with Crippen LogP contribution in [0.15, 0.2) is 12.3 Å². The molecule has 1 rings (SSSR count). The van der Waals surface area contributed by atoms with Gasteiger partial charge in [0, 0.05) is 0 Å². The van der Waals surface area contributed by atoms with Crippen molar-refractivity contribution < 1.29 is 4.39 Å². The Morgan fingerprint density at radius 1 is 1.58 bits per heavy atom. The summed E-state index contributed by atoms with van der Waals surface area (Å²) in [6.45, 7) is 3.53. The van der Waals surface area contributed by atoms with E-state index in [2.05, 4.69) is 4.98 Å². The highest BCUT2D eigenvalue weighted by atomic mass is 35.5. The molecule has 0 aliphatic rings. The summed E-state index contributed by atoms with van der Waals surface area (Å²) in [5, 5.41) is 0.266. The molecule has 2 nitrogen and oxygen atoms in total. The fourth-order valence-corrected chi connectivity index (χ4v) is 1.29. The number of nitrogens with two attached hydrogens (primary N) is 1. The van der Waals surface area contributed by atoms with E-state index < -0.39 is 11.4 Å². The minimum Gasteiger partial charge on any atom is -0.321 e. The van der Waals surface area contributed by atoms with Crippen molar-refractivity contribution in [3.63, 3.8) is 0 Å². The summed E-state index contributed by atoms with van der Waals surface area (Å²) in [6.07, 6.45) is 1.11. The maximum absolute atomic E-state index is 12.5. The molecule has 0 fully saturated rings. The lowest BCUT2D eigenvalue weighted by atomic mass is 10.0. The van der Waals surface area contributed by atoms with Gasteiger partial charge in [0.05, 0.1) is 22.5 Å². The van der Waals surface area contributed by atoms with Crippen LogP contribution in [0.25, 0.3) is 0 Å². The Balaban J connectivity index is 3.19. The predicted octanol–water partition coefficient (Wildman–Crippen LogP) is 2.07. The molecule has 1 aromatic rings. The van der Waals surface area contributed by atoms with E-state index in [4.69, 9.17) is 17.3 Å². The number of aromatic nitrogens is 1. The van der Waals surface area contributed by atoms with E-state index in [1.54, 1.807) is 13.8 Å². The Kier molecular flexibility index (Phi) is 2.35. The van der Waals surface area contributed by atoms with Crippen molar-refractivity contribution in [1.29, 1.82) is 0 Å². The van der Waals surface area contributed by atoms with E-state index >= 15 is 0 Å². The monoisotopic (exact) mass is 188 g/mol. The molecule has 12 heavy (non-hydrogen) atoms. The van der Waals surface area contributed by atoms with E-state index in [1.165, 1.54) is 6.07 Å². The summed E-state index contributed by atoms with van der Waals surface area (Å²) in [4.78, 5) is 3.82. The van der Waals surface area contributed by atoms with Crippen LogP contribution >= 0.6 is 11.6 Å². The Morgan fingerprint density at radius 2 is 2.17 bits per heavy atom. The van der Waals surface area contributed by atoms with Crippen LogP contribution in [0.1, 0.15) is 19.5 Å². The lowest BCUT2D eigenvalue weighted by Crippen LogP contribution is -2.30. The van der Waals surface area contributed by atoms with Crippen LogP contribution in [0, 0.1) is 5.82 Å². The SMILES string of the molecule is CC(C)(N)c1ncc(F)cc1Cl. The van der Waals surface area contributed by atoms with E-state index in [0.29, 0.717) is 5.69 Å². The van der Waals surface area contributed by atoms with Gasteiger partial charge in [0.15, 0.2) is 0 Å². The zero-order valence-corrected chi connectivity index (χ0v) is 7.69. The van der Waals surface area contributed by atoms with Crippen molar-refractivity contribution in [1.82, 2.24) is 4.98 Å². The molecule has 0 radical (unpaired) electrons. The fourth-order valence-electron chi connectivity index (χ4n) is 0.889. The van der Waals surface area contributed by atoms with Gasteiger partial charge in [-0.15, -0.1) is 0 Å². The summed E-state index contributed by atoms with van der Waals surface area (Å²) in [5.74, 6) is -0.451. The Hall–Kier alpha value is -0.670. The Labute approximate surface area is 75.6 Å². The largest absolute Gasteiger partial charge is 0.321 e. The molecular weight excluding hydrogens is 179 g/mol. The summed E-state index contributed by atoms with van der Waals surface area (Å²) < 4.78 is 12.5. The molecule has 1 heterocycles. The third-order valence-electron chi connectivity index (χ3n) is 1.42. The molecule has 4 heteroatoms. The van der Waals surface area contributed by atoms with Gasteiger partial charge in [-0.2, -0.15) is 0 Å². The summed E-state index contributed by atoms with van der Waals surface area (Å²) in [5.41, 5.74) is 5.61. The van der Waals surface area contributed by atoms with Crippen molar-refractivity contribution >= 4 is 11.6 Å². The first kappa shape index (κ1) is 9.42. The van der Waals surface area contributed by atoms with Gasteiger partial charge in [0.2, 0.25) is 0 Å². The average Bonchev–Trinajstić information content (AvgIpc) is 1.83. The highest BCUT2D eigenvalue weighted by molar-refractivity contribution is 6.31. The van der Waals surface area contributed by atoms with Gasteiger partial charge in [-0.05, 0) is 19.9 Å². The highest BCUT2D eigenvalue weighted by Gasteiger charge is 2.19. The van der Waals surface area contributed by atoms with Crippen LogP contribution in [0.4, 0.5) is 4.39 Å². The van der Waals surface area contributed by atoms with Crippen LogP contribution in [-0.2, 0) is 5.54 Å². The summed E-state index contributed by atoms with van der Waals surface area (Å²) in [7, 11) is 0. The predicted molar refractivity (Wildman–Crippen MR) is 46.4 cm³/mol. The van der Waals surface area contributed by atoms with Gasteiger partial charge >= 0.3 is 0 Å². The molecule has 66 valence electrons. The normalized spacial score (nSPS) is 11.8. The molecule has 2 N–H and O–H groups in total. The molecule has 0 unspecified atom stereocenters. The van der Waals surface area contributed by atoms with E-state index in [9.17, 15) is 4.39 Å². The maximum atomic E-state index is 12.5. The first-order valence-electron chi connectivity index (χ1n) is 3.51. The molecule has 0 amide bonds. The Bertz CT molecular complexity index is 294. The fraction of sp³-hybridized carbons (Fsp3) is 0.375. The number of hydrogen-bond donors (Lipinski definition) is 1. The van der Waals surface area contributed by atoms with Gasteiger partial charge < -0.3 is 5.73 Å². The molecular formula is C8H10ClFN2. The zero-order valence-electron chi connectivity index (χ0n) is 6.94. The minimum absolute atomic E-state index is 0.266. The number of halogens is 2. The van der Waals surface area contributed by atoms with Gasteiger partial charge in [0.25, 0.3) is 0 Å². The minimum atomic E-state index is -0.634. The standard InChI is InChI=1S/C8H10ClFN2/c1-8(2,11)7-6(9)3-5(10)4-12-7/h3-4H,11H2,1-2H3. The second-order valence-corrected chi connectivity index (χ2v) is 3.61. The average molecular weight is 189 g/mol. The van der Waals surface area contributed by atoms with Crippen LogP contribution in [0.2, 0.25) is 5.02 Å². The van der Waals surface area contributed by atoms with E-state index in [0.717, 1.165) is 6.20 Å². The van der Waals surface area contributed by atoms with E-state index in [1.807, 2.05) is 0 Å². The molecule has 0 saturated heterocycles. The van der Waals surface area contributed by atoms with Gasteiger partial charge in [-0.1, -0.05) is 11.6 Å². The number of rotatable bonds is 1. The molecule has 0 aromatic carbocycles. The van der Waals surface area contributed by atoms with Crippen LogP contribution < -0.4 is 5.73 Å². The summed E-state index contributed by atoms with van der Waals surface area (Å²) in [6, 6.07) is 1.21. The second-order valence-electron chi connectivity index (χ2n) is 3.21. The number of hydrogen-bond acceptors (Lipinski definition) is 2. The quantitative estimate of drug-likeness (QED) is 0.733. The molecule has 0 saturated carbocycles. The van der Waals surface area contributed by atoms with E-state index in [-0.39, 0.29) is 5.02 Å². The highest BCUT2D eigenvalue weighted by Crippen LogP contribution is 2.23. The molecule has 1 aromatic heterocycles. The number of nitrogens with zero attached hydrogens (tertiary/aromatic N) is 1. The van der Waals surface area contributed by atoms with Crippen molar-refractivity contribution in [2.45, 2.75) is 19.4 Å². The molecule has 0 aliphatic heterocycles. The van der Waals surface area contributed by atoms with Gasteiger partial charge in [-0.25, -0.2) is 4.39 Å². The second kappa shape index (κ2) is 2.99. The van der Waals surface area contributed by atoms with Crippen LogP contribution in [0.5, 0.6) is 0 Å². The molecule has 0 aliphatic carbocycles. The first-order chi connectivity index (χ1) is 5.41. The topological polar surface area (TPSA) is 38.9 Å². The van der Waals surface area contributed by atoms with Crippen LogP contribution in [-0.4, -0.2) is 4.98 Å². The van der Waals surface area contributed by atoms with Crippen molar-refractivity contribution in [2.75, 3.05) is 0 Å². The third-order valence-corrected chi connectivity index (χ3v) is 1.71. The first-order valence-corrected chi connectivity index (χ1v) is 3.89. The van der Waals surface area contributed by atoms with Gasteiger partial charge in [-0.3, -0.25) is 4.98 Å². The zero-order chi connectivity index (χ0) is 9.35. The van der Waals surface area contributed by atoms with Crippen molar-refractivity contribution in [3.8, 4) is 0 Å². The molecule has 0 bridgehead atoms. The Morgan fingerprint density at radius 3 is 2.58 bits per heavy atom. The number of pyridine rings is 1. The van der Waals surface area contributed by atoms with Crippen molar-refractivity contribution in [3.05, 3.63) is 28.8 Å². The van der Waals surface area contributed by atoms with Crippen molar-refractivity contribution in [2.24, 2.45) is 5.73 Å². The van der Waals surface area contributed by atoms with Crippen LogP contribution in [0.3, 0.4) is 0 Å². The third kappa shape index (κ3) is 1.93. The molecule has 0 atom stereocenters. The maximum Gasteiger partial charge on any atom is 0.142 e. The lowest BCUT2D eigenvalue weighted by Gasteiger charge is -2.18. The summed E-state index contributed by atoms with van der Waals surface area (Å²) >= 11 is 5.73. The smallest absolute Gasteiger partial charge is 0.142 e.